The largest absolute Gasteiger partial charge is 0.319 e. The number of nitrogens with one attached hydrogen (secondary N) is 1. The molecule has 1 aromatic carbocycles. The predicted molar refractivity (Wildman–Crippen MR) is 78.4 cm³/mol. The molecule has 1 aromatic heterocycles. The summed E-state index contributed by atoms with van der Waals surface area (Å²) in [4.78, 5) is 22.5. The molecular formula is C13H13ClN4O3. The number of anilines is 1. The van der Waals surface area contributed by atoms with Gasteiger partial charge >= 0.3 is 0 Å². The average molecular weight is 309 g/mol. The fourth-order valence-corrected chi connectivity index (χ4v) is 1.93. The van der Waals surface area contributed by atoms with Gasteiger partial charge in [-0.3, -0.25) is 19.6 Å². The Hall–Kier alpha value is -2.41. The van der Waals surface area contributed by atoms with Gasteiger partial charge in [0, 0.05) is 17.3 Å². The van der Waals surface area contributed by atoms with E-state index in [4.69, 9.17) is 11.6 Å². The first-order valence-electron chi connectivity index (χ1n) is 6.15. The van der Waals surface area contributed by atoms with Crippen LogP contribution in [0.1, 0.15) is 18.7 Å². The molecule has 1 atom stereocenters. The molecule has 2 rings (SSSR count). The number of hydrogen-bond donors (Lipinski definition) is 1. The maximum absolute atomic E-state index is 12.2. The SMILES string of the molecule is Cc1ccn(C(C)C(=O)Nc2ccc(Cl)cc2[N+](=O)[O-])n1. The van der Waals surface area contributed by atoms with Crippen LogP contribution >= 0.6 is 11.6 Å². The van der Waals surface area contributed by atoms with Gasteiger partial charge in [0.25, 0.3) is 5.69 Å². The molecule has 8 heteroatoms. The number of benzene rings is 1. The summed E-state index contributed by atoms with van der Waals surface area (Å²) in [5.74, 6) is -0.400. The Morgan fingerprint density at radius 3 is 2.76 bits per heavy atom. The third-order valence-corrected chi connectivity index (χ3v) is 3.17. The predicted octanol–water partition coefficient (Wildman–Crippen LogP) is 2.95. The number of halogens is 1. The number of nitro groups is 1. The lowest BCUT2D eigenvalue weighted by atomic mass is 10.2. The third kappa shape index (κ3) is 3.38. The van der Waals surface area contributed by atoms with Crippen LogP contribution in [0.25, 0.3) is 0 Å². The summed E-state index contributed by atoms with van der Waals surface area (Å²) in [6, 6.07) is 5.26. The van der Waals surface area contributed by atoms with Gasteiger partial charge in [0.2, 0.25) is 5.91 Å². The Labute approximate surface area is 125 Å². The van der Waals surface area contributed by atoms with Crippen molar-refractivity contribution in [3.05, 3.63) is 51.3 Å². The minimum atomic E-state index is -0.593. The number of rotatable bonds is 4. The number of hydrogen-bond acceptors (Lipinski definition) is 4. The van der Waals surface area contributed by atoms with E-state index < -0.39 is 16.9 Å². The van der Waals surface area contributed by atoms with Gasteiger partial charge in [-0.15, -0.1) is 0 Å². The molecular weight excluding hydrogens is 296 g/mol. The molecule has 0 saturated heterocycles. The summed E-state index contributed by atoms with van der Waals surface area (Å²) >= 11 is 5.73. The summed E-state index contributed by atoms with van der Waals surface area (Å²) in [5, 5.41) is 17.9. The van der Waals surface area contributed by atoms with E-state index >= 15 is 0 Å². The highest BCUT2D eigenvalue weighted by atomic mass is 35.5. The zero-order chi connectivity index (χ0) is 15.6. The minimum absolute atomic E-state index is 0.102. The molecule has 0 bridgehead atoms. The van der Waals surface area contributed by atoms with Crippen molar-refractivity contribution in [3.8, 4) is 0 Å². The smallest absolute Gasteiger partial charge is 0.294 e. The molecule has 110 valence electrons. The summed E-state index contributed by atoms with van der Waals surface area (Å²) in [5.41, 5.74) is 0.636. The van der Waals surface area contributed by atoms with E-state index in [2.05, 4.69) is 10.4 Å². The second kappa shape index (κ2) is 5.92. The van der Waals surface area contributed by atoms with Crippen molar-refractivity contribution in [2.45, 2.75) is 19.9 Å². The van der Waals surface area contributed by atoms with Crippen LogP contribution in [0.2, 0.25) is 5.02 Å². The van der Waals surface area contributed by atoms with Gasteiger partial charge in [0.05, 0.1) is 10.6 Å². The molecule has 0 spiro atoms. The summed E-state index contributed by atoms with van der Waals surface area (Å²) in [6.07, 6.45) is 1.68. The molecule has 0 aliphatic carbocycles. The monoisotopic (exact) mass is 308 g/mol. The molecule has 1 amide bonds. The van der Waals surface area contributed by atoms with Crippen molar-refractivity contribution in [2.24, 2.45) is 0 Å². The lowest BCUT2D eigenvalue weighted by molar-refractivity contribution is -0.383. The number of aromatic nitrogens is 2. The second-order valence-electron chi connectivity index (χ2n) is 4.52. The van der Waals surface area contributed by atoms with E-state index in [1.807, 2.05) is 6.92 Å². The Kier molecular flexibility index (Phi) is 4.23. The van der Waals surface area contributed by atoms with Gasteiger partial charge in [0.15, 0.2) is 0 Å². The van der Waals surface area contributed by atoms with Crippen LogP contribution in [0, 0.1) is 17.0 Å². The standard InChI is InChI=1S/C13H13ClN4O3/c1-8-5-6-17(16-8)9(2)13(19)15-11-4-3-10(14)7-12(11)18(20)21/h3-7,9H,1-2H3,(H,15,19). The first-order valence-corrected chi connectivity index (χ1v) is 6.53. The first-order chi connectivity index (χ1) is 9.88. The van der Waals surface area contributed by atoms with Crippen molar-refractivity contribution in [2.75, 3.05) is 5.32 Å². The minimum Gasteiger partial charge on any atom is -0.319 e. The molecule has 1 unspecified atom stereocenters. The number of aryl methyl sites for hydroxylation is 1. The van der Waals surface area contributed by atoms with E-state index in [-0.39, 0.29) is 16.4 Å². The average Bonchev–Trinajstić information content (AvgIpc) is 2.86. The fourth-order valence-electron chi connectivity index (χ4n) is 1.77. The van der Waals surface area contributed by atoms with Crippen LogP contribution < -0.4 is 5.32 Å². The van der Waals surface area contributed by atoms with E-state index in [9.17, 15) is 14.9 Å². The molecule has 1 N–H and O–H groups in total. The van der Waals surface area contributed by atoms with Crippen LogP contribution in [-0.2, 0) is 4.79 Å². The van der Waals surface area contributed by atoms with E-state index in [1.165, 1.54) is 22.9 Å². The number of carbonyl (C=O) groups is 1. The van der Waals surface area contributed by atoms with Gasteiger partial charge in [-0.25, -0.2) is 0 Å². The van der Waals surface area contributed by atoms with Crippen molar-refractivity contribution in [3.63, 3.8) is 0 Å². The Morgan fingerprint density at radius 1 is 1.48 bits per heavy atom. The highest BCUT2D eigenvalue weighted by Gasteiger charge is 2.21. The zero-order valence-corrected chi connectivity index (χ0v) is 12.2. The first kappa shape index (κ1) is 15.0. The second-order valence-corrected chi connectivity index (χ2v) is 4.96. The van der Waals surface area contributed by atoms with Crippen molar-refractivity contribution >= 4 is 28.9 Å². The van der Waals surface area contributed by atoms with Gasteiger partial charge in [0.1, 0.15) is 11.7 Å². The van der Waals surface area contributed by atoms with E-state index in [0.717, 1.165) is 5.69 Å². The molecule has 0 fully saturated rings. The Balaban J connectivity index is 2.22. The highest BCUT2D eigenvalue weighted by molar-refractivity contribution is 6.31. The molecule has 0 saturated carbocycles. The molecule has 7 nitrogen and oxygen atoms in total. The highest BCUT2D eigenvalue weighted by Crippen LogP contribution is 2.28. The molecule has 21 heavy (non-hydrogen) atoms. The van der Waals surface area contributed by atoms with Crippen LogP contribution in [0.5, 0.6) is 0 Å². The fraction of sp³-hybridized carbons (Fsp3) is 0.231. The summed E-state index contributed by atoms with van der Waals surface area (Å²) in [7, 11) is 0. The van der Waals surface area contributed by atoms with Crippen molar-refractivity contribution in [1.29, 1.82) is 0 Å². The van der Waals surface area contributed by atoms with Gasteiger partial charge < -0.3 is 5.32 Å². The van der Waals surface area contributed by atoms with Gasteiger partial charge in [-0.1, -0.05) is 11.6 Å². The number of nitrogens with zero attached hydrogens (tertiary/aromatic N) is 3. The molecule has 0 aliphatic heterocycles. The normalized spacial score (nSPS) is 12.0. The zero-order valence-electron chi connectivity index (χ0n) is 11.4. The number of amides is 1. The van der Waals surface area contributed by atoms with Gasteiger partial charge in [-0.05, 0) is 32.0 Å². The van der Waals surface area contributed by atoms with Gasteiger partial charge in [-0.2, -0.15) is 5.10 Å². The van der Waals surface area contributed by atoms with Crippen molar-refractivity contribution < 1.29 is 9.72 Å². The Morgan fingerprint density at radius 2 is 2.19 bits per heavy atom. The van der Waals surface area contributed by atoms with Crippen LogP contribution in [0.4, 0.5) is 11.4 Å². The van der Waals surface area contributed by atoms with Crippen LogP contribution in [0.15, 0.2) is 30.5 Å². The third-order valence-electron chi connectivity index (χ3n) is 2.93. The molecule has 2 aromatic rings. The van der Waals surface area contributed by atoms with Crippen LogP contribution in [-0.4, -0.2) is 20.6 Å². The maximum atomic E-state index is 12.2. The maximum Gasteiger partial charge on any atom is 0.294 e. The van der Waals surface area contributed by atoms with E-state index in [0.29, 0.717) is 0 Å². The van der Waals surface area contributed by atoms with E-state index in [1.54, 1.807) is 19.2 Å². The quantitative estimate of drug-likeness (QED) is 0.694. The molecule has 1 heterocycles. The number of nitro benzene ring substituents is 1. The summed E-state index contributed by atoms with van der Waals surface area (Å²) < 4.78 is 1.49. The molecule has 0 radical (unpaired) electrons. The Bertz CT molecular complexity index is 698. The van der Waals surface area contributed by atoms with Crippen molar-refractivity contribution in [1.82, 2.24) is 9.78 Å². The van der Waals surface area contributed by atoms with Crippen LogP contribution in [0.3, 0.4) is 0 Å². The topological polar surface area (TPSA) is 90.1 Å². The molecule has 0 aliphatic rings. The summed E-state index contributed by atoms with van der Waals surface area (Å²) in [6.45, 7) is 3.47. The lowest BCUT2D eigenvalue weighted by Crippen LogP contribution is -2.24. The lowest BCUT2D eigenvalue weighted by Gasteiger charge is -2.13. The number of carbonyl (C=O) groups excluding carboxylic acids is 1.